The van der Waals surface area contributed by atoms with Crippen molar-refractivity contribution in [2.45, 2.75) is 46.8 Å². The molecule has 8 heteroatoms. The van der Waals surface area contributed by atoms with Crippen molar-refractivity contribution in [1.29, 1.82) is 5.26 Å². The zero-order valence-electron chi connectivity index (χ0n) is 19.7. The number of pyridine rings is 1. The molecule has 33 heavy (non-hydrogen) atoms. The molecule has 0 saturated carbocycles. The molecular weight excluding hydrogens is 414 g/mol. The Morgan fingerprint density at radius 2 is 2.06 bits per heavy atom. The smallest absolute Gasteiger partial charge is 0.247 e. The SMILES string of the molecule is Cc1cc(C#N)ccc1Cn1cc(CNc2cc3c(c(C)n2)NC(=O)C(C(C)C)N3C)cn1. The van der Waals surface area contributed by atoms with Gasteiger partial charge in [0.25, 0.3) is 0 Å². The number of carbonyl (C=O) groups excluding carboxylic acids is 1. The minimum absolute atomic E-state index is 0.00974. The molecule has 1 unspecified atom stereocenters. The van der Waals surface area contributed by atoms with E-state index in [1.54, 1.807) is 0 Å². The Kier molecular flexibility index (Phi) is 6.05. The van der Waals surface area contributed by atoms with Gasteiger partial charge in [-0.05, 0) is 43.0 Å². The molecule has 0 saturated heterocycles. The van der Waals surface area contributed by atoms with Crippen LogP contribution in [-0.4, -0.2) is 33.8 Å². The molecule has 0 spiro atoms. The van der Waals surface area contributed by atoms with E-state index >= 15 is 0 Å². The average molecular weight is 444 g/mol. The van der Waals surface area contributed by atoms with Crippen LogP contribution < -0.4 is 15.5 Å². The molecule has 8 nitrogen and oxygen atoms in total. The van der Waals surface area contributed by atoms with Crippen LogP contribution in [0.2, 0.25) is 0 Å². The summed E-state index contributed by atoms with van der Waals surface area (Å²) in [5, 5.41) is 19.9. The molecule has 0 bridgehead atoms. The summed E-state index contributed by atoms with van der Waals surface area (Å²) in [4.78, 5) is 19.2. The summed E-state index contributed by atoms with van der Waals surface area (Å²) in [5.41, 5.74) is 6.44. The van der Waals surface area contributed by atoms with Gasteiger partial charge in [0.05, 0.1) is 41.4 Å². The van der Waals surface area contributed by atoms with Gasteiger partial charge in [-0.2, -0.15) is 10.4 Å². The van der Waals surface area contributed by atoms with Gasteiger partial charge in [0, 0.05) is 31.4 Å². The average Bonchev–Trinajstić information content (AvgIpc) is 3.21. The zero-order chi connectivity index (χ0) is 23.7. The molecule has 170 valence electrons. The summed E-state index contributed by atoms with van der Waals surface area (Å²) < 4.78 is 1.90. The molecule has 0 fully saturated rings. The van der Waals surface area contributed by atoms with Crippen LogP contribution in [-0.2, 0) is 17.9 Å². The molecular formula is C25H29N7O. The topological polar surface area (TPSA) is 98.9 Å². The number of nitriles is 1. The molecule has 4 rings (SSSR count). The molecule has 1 aromatic carbocycles. The summed E-state index contributed by atoms with van der Waals surface area (Å²) >= 11 is 0. The first kappa shape index (κ1) is 22.3. The van der Waals surface area contributed by atoms with E-state index in [1.165, 1.54) is 0 Å². The second-order valence-electron chi connectivity index (χ2n) is 8.93. The number of carbonyl (C=O) groups is 1. The van der Waals surface area contributed by atoms with Gasteiger partial charge in [0.1, 0.15) is 11.9 Å². The quantitative estimate of drug-likeness (QED) is 0.601. The first-order valence-corrected chi connectivity index (χ1v) is 11.1. The fourth-order valence-electron chi connectivity index (χ4n) is 4.35. The number of hydrogen-bond acceptors (Lipinski definition) is 6. The highest BCUT2D eigenvalue weighted by Crippen LogP contribution is 2.36. The minimum atomic E-state index is -0.212. The Morgan fingerprint density at radius 3 is 2.76 bits per heavy atom. The number of benzene rings is 1. The lowest BCUT2D eigenvalue weighted by atomic mass is 9.98. The number of hydrogen-bond donors (Lipinski definition) is 2. The van der Waals surface area contributed by atoms with Crippen LogP contribution in [0.15, 0.2) is 36.7 Å². The second-order valence-corrected chi connectivity index (χ2v) is 8.93. The predicted octanol–water partition coefficient (Wildman–Crippen LogP) is 3.84. The van der Waals surface area contributed by atoms with E-state index in [-0.39, 0.29) is 17.9 Å². The minimum Gasteiger partial charge on any atom is -0.366 e. The van der Waals surface area contributed by atoms with E-state index in [0.29, 0.717) is 18.7 Å². The monoisotopic (exact) mass is 443 g/mol. The van der Waals surface area contributed by atoms with Gasteiger partial charge in [-0.25, -0.2) is 4.98 Å². The fraction of sp³-hybridized carbons (Fsp3) is 0.360. The predicted molar refractivity (Wildman–Crippen MR) is 129 cm³/mol. The largest absolute Gasteiger partial charge is 0.366 e. The Hall–Kier alpha value is -3.86. The number of anilines is 3. The van der Waals surface area contributed by atoms with Crippen molar-refractivity contribution in [1.82, 2.24) is 14.8 Å². The molecule has 1 amide bonds. The summed E-state index contributed by atoms with van der Waals surface area (Å²) in [6.45, 7) is 9.25. The van der Waals surface area contributed by atoms with Crippen molar-refractivity contribution in [2.75, 3.05) is 22.6 Å². The van der Waals surface area contributed by atoms with Crippen LogP contribution in [0.5, 0.6) is 0 Å². The third-order valence-corrected chi connectivity index (χ3v) is 6.09. The first-order valence-electron chi connectivity index (χ1n) is 11.1. The van der Waals surface area contributed by atoms with Gasteiger partial charge in [-0.1, -0.05) is 19.9 Å². The molecule has 1 atom stereocenters. The van der Waals surface area contributed by atoms with E-state index in [2.05, 4.69) is 40.6 Å². The maximum atomic E-state index is 12.5. The Bertz CT molecular complexity index is 1240. The summed E-state index contributed by atoms with van der Waals surface area (Å²) in [7, 11) is 1.96. The van der Waals surface area contributed by atoms with Crippen molar-refractivity contribution >= 4 is 23.1 Å². The lowest BCUT2D eigenvalue weighted by Crippen LogP contribution is -2.49. The van der Waals surface area contributed by atoms with Gasteiger partial charge < -0.3 is 15.5 Å². The molecule has 0 aliphatic carbocycles. The highest BCUT2D eigenvalue weighted by molar-refractivity contribution is 6.04. The number of amides is 1. The van der Waals surface area contributed by atoms with Crippen LogP contribution >= 0.6 is 0 Å². The molecule has 3 heterocycles. The number of fused-ring (bicyclic) bond motifs is 1. The molecule has 2 aromatic heterocycles. The van der Waals surface area contributed by atoms with Gasteiger partial charge >= 0.3 is 0 Å². The number of likely N-dealkylation sites (N-methyl/N-ethyl adjacent to an activating group) is 1. The third-order valence-electron chi connectivity index (χ3n) is 6.09. The van der Waals surface area contributed by atoms with Gasteiger partial charge in [-0.15, -0.1) is 0 Å². The summed E-state index contributed by atoms with van der Waals surface area (Å²) in [6, 6.07) is 9.66. The molecule has 0 radical (unpaired) electrons. The Labute approximate surface area is 194 Å². The summed E-state index contributed by atoms with van der Waals surface area (Å²) in [6.07, 6.45) is 3.86. The van der Waals surface area contributed by atoms with E-state index in [1.807, 2.05) is 67.1 Å². The lowest BCUT2D eigenvalue weighted by Gasteiger charge is -2.38. The van der Waals surface area contributed by atoms with Crippen LogP contribution in [0.4, 0.5) is 17.2 Å². The molecule has 1 aliphatic rings. The van der Waals surface area contributed by atoms with Crippen LogP contribution in [0.25, 0.3) is 0 Å². The highest BCUT2D eigenvalue weighted by Gasteiger charge is 2.34. The van der Waals surface area contributed by atoms with Gasteiger partial charge in [-0.3, -0.25) is 9.48 Å². The van der Waals surface area contributed by atoms with Crippen LogP contribution in [0.3, 0.4) is 0 Å². The highest BCUT2D eigenvalue weighted by atomic mass is 16.2. The summed E-state index contributed by atoms with van der Waals surface area (Å²) in [5.74, 6) is 0.960. The molecule has 3 aromatic rings. The number of aryl methyl sites for hydroxylation is 2. The maximum Gasteiger partial charge on any atom is 0.247 e. The van der Waals surface area contributed by atoms with Crippen molar-refractivity contribution in [3.8, 4) is 6.07 Å². The number of aromatic nitrogens is 3. The fourth-order valence-corrected chi connectivity index (χ4v) is 4.35. The lowest BCUT2D eigenvalue weighted by molar-refractivity contribution is -0.118. The Balaban J connectivity index is 1.46. The van der Waals surface area contributed by atoms with Crippen molar-refractivity contribution in [3.05, 3.63) is 64.6 Å². The van der Waals surface area contributed by atoms with Crippen molar-refractivity contribution in [2.24, 2.45) is 5.92 Å². The molecule has 2 N–H and O–H groups in total. The standard InChI is InChI=1S/C25H29N7O/c1-15(2)24-25(33)30-23-17(4)29-22(9-21(23)31(24)5)27-11-19-12-28-32(13-19)14-20-7-6-18(10-26)8-16(20)3/h6-9,12-13,15,24H,11,14H2,1-5H3,(H,27,29)(H,30,33). The van der Waals surface area contributed by atoms with Crippen molar-refractivity contribution < 1.29 is 4.79 Å². The molecule has 1 aliphatic heterocycles. The van der Waals surface area contributed by atoms with E-state index in [4.69, 9.17) is 5.26 Å². The van der Waals surface area contributed by atoms with E-state index in [9.17, 15) is 4.79 Å². The normalized spacial score (nSPS) is 15.2. The third kappa shape index (κ3) is 4.53. The van der Waals surface area contributed by atoms with Crippen LogP contribution in [0.1, 0.15) is 41.8 Å². The van der Waals surface area contributed by atoms with E-state index < -0.39 is 0 Å². The second kappa shape index (κ2) is 8.94. The van der Waals surface area contributed by atoms with Crippen molar-refractivity contribution in [3.63, 3.8) is 0 Å². The maximum absolute atomic E-state index is 12.5. The zero-order valence-corrected chi connectivity index (χ0v) is 19.7. The number of rotatable bonds is 6. The van der Waals surface area contributed by atoms with Gasteiger partial charge in [0.15, 0.2) is 0 Å². The first-order chi connectivity index (χ1) is 15.8. The number of nitrogens with zero attached hydrogens (tertiary/aromatic N) is 5. The van der Waals surface area contributed by atoms with Crippen LogP contribution in [0, 0.1) is 31.1 Å². The van der Waals surface area contributed by atoms with Gasteiger partial charge in [0.2, 0.25) is 5.91 Å². The Morgan fingerprint density at radius 1 is 1.27 bits per heavy atom. The number of nitrogens with one attached hydrogen (secondary N) is 2. The van der Waals surface area contributed by atoms with E-state index in [0.717, 1.165) is 39.6 Å².